The smallest absolute Gasteiger partial charge is 0.155 e. The Kier molecular flexibility index (Phi) is 9.23. The van der Waals surface area contributed by atoms with Crippen molar-refractivity contribution in [1.29, 1.82) is 0 Å². The minimum absolute atomic E-state index is 0.316. The average Bonchev–Trinajstić information content (AvgIpc) is 3.23. The number of unbranched alkanes of at least 4 members (excludes halogenated alkanes) is 2. The van der Waals surface area contributed by atoms with E-state index in [1.54, 1.807) is 0 Å². The van der Waals surface area contributed by atoms with Gasteiger partial charge >= 0.3 is 0 Å². The summed E-state index contributed by atoms with van der Waals surface area (Å²) >= 11 is 0. The lowest BCUT2D eigenvalue weighted by atomic mass is 10.0. The van der Waals surface area contributed by atoms with Gasteiger partial charge in [-0.2, -0.15) is 10.2 Å². The molecule has 0 aliphatic heterocycles. The molecule has 33 heavy (non-hydrogen) atoms. The largest absolute Gasteiger partial charge is 0.382 e. The second kappa shape index (κ2) is 12.6. The van der Waals surface area contributed by atoms with Gasteiger partial charge in [-0.15, -0.1) is 5.10 Å². The van der Waals surface area contributed by atoms with Gasteiger partial charge in [0.25, 0.3) is 0 Å². The zero-order valence-electron chi connectivity index (χ0n) is 19.9. The summed E-state index contributed by atoms with van der Waals surface area (Å²) in [6, 6.07) is 11.9. The second-order valence-corrected chi connectivity index (χ2v) is 7.94. The van der Waals surface area contributed by atoms with E-state index in [0.29, 0.717) is 18.9 Å². The molecule has 0 aliphatic rings. The van der Waals surface area contributed by atoms with Crippen molar-refractivity contribution < 1.29 is 0 Å². The van der Waals surface area contributed by atoms with E-state index < -0.39 is 0 Å². The van der Waals surface area contributed by atoms with Crippen LogP contribution >= 0.6 is 0 Å². The van der Waals surface area contributed by atoms with Gasteiger partial charge in [0.15, 0.2) is 11.7 Å². The molecule has 174 valence electrons. The van der Waals surface area contributed by atoms with Crippen LogP contribution in [0, 0.1) is 0 Å². The summed E-state index contributed by atoms with van der Waals surface area (Å²) in [5, 5.41) is 16.4. The van der Waals surface area contributed by atoms with Crippen LogP contribution in [0.5, 0.6) is 0 Å². The van der Waals surface area contributed by atoms with E-state index in [0.717, 1.165) is 72.6 Å². The van der Waals surface area contributed by atoms with Crippen LogP contribution in [0.15, 0.2) is 58.0 Å². The quantitative estimate of drug-likeness (QED) is 0.179. The third kappa shape index (κ3) is 6.78. The maximum atomic E-state index is 6.15. The van der Waals surface area contributed by atoms with Gasteiger partial charge in [0.05, 0.1) is 18.8 Å². The normalized spacial score (nSPS) is 12.0. The number of aryl methyl sites for hydroxylation is 2. The van der Waals surface area contributed by atoms with E-state index in [-0.39, 0.29) is 0 Å². The Labute approximate surface area is 196 Å². The van der Waals surface area contributed by atoms with Gasteiger partial charge in [-0.05, 0) is 36.6 Å². The number of rotatable bonds is 12. The van der Waals surface area contributed by atoms with Crippen molar-refractivity contribution in [2.24, 2.45) is 21.2 Å². The molecule has 1 aromatic carbocycles. The molecule has 3 rings (SSSR count). The highest BCUT2D eigenvalue weighted by molar-refractivity contribution is 6.02. The summed E-state index contributed by atoms with van der Waals surface area (Å²) in [6.45, 7) is 7.51. The molecule has 0 saturated heterocycles. The third-order valence-corrected chi connectivity index (χ3v) is 5.29. The van der Waals surface area contributed by atoms with Gasteiger partial charge in [0.2, 0.25) is 0 Å². The molecular formula is C25H34N8. The molecule has 0 saturated carbocycles. The van der Waals surface area contributed by atoms with E-state index in [9.17, 15) is 0 Å². The predicted octanol–water partition coefficient (Wildman–Crippen LogP) is 5.17. The summed E-state index contributed by atoms with van der Waals surface area (Å²) in [7, 11) is 0. The Morgan fingerprint density at radius 2 is 1.79 bits per heavy atom. The summed E-state index contributed by atoms with van der Waals surface area (Å²) in [5.41, 5.74) is 9.75. The van der Waals surface area contributed by atoms with E-state index in [2.05, 4.69) is 35.4 Å². The summed E-state index contributed by atoms with van der Waals surface area (Å²) in [6.07, 6.45) is 8.27. The number of hydrogen-bond acceptors (Lipinski definition) is 5. The fourth-order valence-corrected chi connectivity index (χ4v) is 3.49. The lowest BCUT2D eigenvalue weighted by Gasteiger charge is -2.09. The molecule has 8 nitrogen and oxygen atoms in total. The third-order valence-electron chi connectivity index (χ3n) is 5.29. The maximum Gasteiger partial charge on any atom is 0.155 e. The first kappa shape index (κ1) is 24.2. The van der Waals surface area contributed by atoms with Crippen LogP contribution in [0.1, 0.15) is 69.2 Å². The Morgan fingerprint density at radius 1 is 1.00 bits per heavy atom. The highest BCUT2D eigenvalue weighted by atomic mass is 15.4. The molecule has 0 atom stereocenters. The fraction of sp³-hybridized carbons (Fsp3) is 0.440. The first-order chi connectivity index (χ1) is 16.2. The minimum atomic E-state index is 0.316. The molecule has 0 amide bonds. The monoisotopic (exact) mass is 446 g/mol. The molecule has 2 heterocycles. The number of nitrogens with zero attached hydrogens (tertiary/aromatic N) is 7. The molecule has 0 unspecified atom stereocenters. The molecule has 2 N–H and O–H groups in total. The zero-order valence-corrected chi connectivity index (χ0v) is 19.9. The van der Waals surface area contributed by atoms with Crippen LogP contribution in [0.4, 0.5) is 0 Å². The molecule has 0 radical (unpaired) electrons. The van der Waals surface area contributed by atoms with E-state index in [4.69, 9.17) is 20.8 Å². The van der Waals surface area contributed by atoms with Gasteiger partial charge in [0, 0.05) is 30.2 Å². The average molecular weight is 447 g/mol. The van der Waals surface area contributed by atoms with Crippen molar-refractivity contribution in [3.8, 4) is 11.3 Å². The predicted molar refractivity (Wildman–Crippen MR) is 132 cm³/mol. The van der Waals surface area contributed by atoms with Gasteiger partial charge in [-0.25, -0.2) is 9.67 Å². The number of nitrogens with two attached hydrogens (primary N) is 1. The van der Waals surface area contributed by atoms with Crippen molar-refractivity contribution >= 4 is 5.84 Å². The van der Waals surface area contributed by atoms with Gasteiger partial charge in [-0.1, -0.05) is 57.0 Å². The van der Waals surface area contributed by atoms with Crippen LogP contribution in [-0.4, -0.2) is 32.1 Å². The topological polar surface area (TPSA) is 107 Å². The Bertz CT molecular complexity index is 1070. The van der Waals surface area contributed by atoms with Crippen LogP contribution in [0.3, 0.4) is 0 Å². The second-order valence-electron chi connectivity index (χ2n) is 7.94. The summed E-state index contributed by atoms with van der Waals surface area (Å²) in [5.74, 6) is 2.32. The maximum absolute atomic E-state index is 6.15. The molecule has 2 aromatic heterocycles. The number of benzene rings is 1. The van der Waals surface area contributed by atoms with Crippen LogP contribution in [-0.2, 0) is 19.4 Å². The lowest BCUT2D eigenvalue weighted by Crippen LogP contribution is -2.14. The molecule has 0 fully saturated rings. The van der Waals surface area contributed by atoms with Gasteiger partial charge in [0.1, 0.15) is 5.82 Å². The molecule has 0 aliphatic carbocycles. The first-order valence-corrected chi connectivity index (χ1v) is 11.8. The van der Waals surface area contributed by atoms with Crippen molar-refractivity contribution in [3.63, 3.8) is 0 Å². The van der Waals surface area contributed by atoms with E-state index in [1.165, 1.54) is 0 Å². The van der Waals surface area contributed by atoms with Gasteiger partial charge in [-0.3, -0.25) is 4.98 Å². The Morgan fingerprint density at radius 3 is 2.52 bits per heavy atom. The molecule has 0 spiro atoms. The minimum Gasteiger partial charge on any atom is -0.382 e. The van der Waals surface area contributed by atoms with Crippen LogP contribution in [0.25, 0.3) is 11.3 Å². The number of aromatic nitrogens is 4. The summed E-state index contributed by atoms with van der Waals surface area (Å²) < 4.78 is 2.04. The molecule has 3 aromatic rings. The number of pyridine rings is 1. The number of amidine groups is 1. The number of hydrogen-bond donors (Lipinski definition) is 1. The standard InChI is InChI=1S/C25H34N8/c1-4-7-13-23-29-24(14-8-5-2)33(31-23)18-19-15-16-22(27-17-19)20-11-9-10-12-21(20)25(26)30-32-28-6-3/h9-12,15-17H,4-8,13-14,18H2,1-3H3,(H2,26,28,30). The van der Waals surface area contributed by atoms with Crippen molar-refractivity contribution in [1.82, 2.24) is 19.7 Å². The highest BCUT2D eigenvalue weighted by Gasteiger charge is 2.12. The lowest BCUT2D eigenvalue weighted by molar-refractivity contribution is 0.611. The fourth-order valence-electron chi connectivity index (χ4n) is 3.49. The molecule has 8 heteroatoms. The summed E-state index contributed by atoms with van der Waals surface area (Å²) in [4.78, 5) is 9.50. The molecular weight excluding hydrogens is 412 g/mol. The first-order valence-electron chi connectivity index (χ1n) is 11.8. The van der Waals surface area contributed by atoms with E-state index >= 15 is 0 Å². The van der Waals surface area contributed by atoms with Crippen molar-refractivity contribution in [3.05, 3.63) is 65.4 Å². The Balaban J connectivity index is 1.81. The van der Waals surface area contributed by atoms with Crippen molar-refractivity contribution in [2.75, 3.05) is 6.54 Å². The SMILES string of the molecule is CCCCc1nc(CCCC)n(Cc2ccc(-c3ccccc3/C(N)=N/N=NCC)nc2)n1. The van der Waals surface area contributed by atoms with Gasteiger partial charge < -0.3 is 5.73 Å². The zero-order chi connectivity index (χ0) is 23.5. The van der Waals surface area contributed by atoms with Crippen LogP contribution in [0.2, 0.25) is 0 Å². The van der Waals surface area contributed by atoms with E-state index in [1.807, 2.05) is 48.1 Å². The molecule has 0 bridgehead atoms. The Hall–Kier alpha value is -3.42. The van der Waals surface area contributed by atoms with Crippen molar-refractivity contribution in [2.45, 2.75) is 65.8 Å². The van der Waals surface area contributed by atoms with Crippen LogP contribution < -0.4 is 5.73 Å². The highest BCUT2D eigenvalue weighted by Crippen LogP contribution is 2.22.